The fourth-order valence-corrected chi connectivity index (χ4v) is 8.19. The molecular weight excluding hydrogens is 913 g/mol. The number of aliphatic carboxylic acids is 1. The quantitative estimate of drug-likeness (QED) is 0.0130. The summed E-state index contributed by atoms with van der Waals surface area (Å²) in [6.45, 7) is 0.0847. The van der Waals surface area contributed by atoms with Crippen molar-refractivity contribution in [3.8, 4) is 17.6 Å². The van der Waals surface area contributed by atoms with Gasteiger partial charge in [-0.05, 0) is 39.9 Å². The zero-order chi connectivity index (χ0) is 49.0. The molecule has 0 aliphatic rings. The molecule has 0 bridgehead atoms. The number of thiazole rings is 1. The first kappa shape index (κ1) is 50.0. The van der Waals surface area contributed by atoms with Crippen LogP contribution in [-0.4, -0.2) is 82.0 Å². The maximum atomic E-state index is 14.9. The number of nitrogens with one attached hydrogen (secondary N) is 1. The van der Waals surface area contributed by atoms with Gasteiger partial charge in [0, 0.05) is 19.6 Å². The van der Waals surface area contributed by atoms with Crippen LogP contribution in [0.2, 0.25) is 0 Å². The fraction of sp³-hybridized carbons (Fsp3) is 0.204. The average Bonchev–Trinajstić information content (AvgIpc) is 3.87. The highest BCUT2D eigenvalue weighted by molar-refractivity contribution is 7.14. The largest absolute Gasteiger partial charge is 0.476 e. The Labute approximate surface area is 409 Å². The molecule has 1 unspecified atom stereocenters. The van der Waals surface area contributed by atoms with E-state index in [1.54, 1.807) is 24.3 Å². The van der Waals surface area contributed by atoms with Gasteiger partial charge in [-0.1, -0.05) is 157 Å². The Morgan fingerprint density at radius 2 is 1.17 bits per heavy atom. The molecule has 7 aromatic rings. The molecular formula is C54H50N4O11S. The average molecular weight is 963 g/mol. The van der Waals surface area contributed by atoms with Gasteiger partial charge in [-0.2, -0.15) is 5.26 Å². The highest BCUT2D eigenvalue weighted by Gasteiger charge is 2.38. The third-order valence-corrected chi connectivity index (χ3v) is 11.5. The van der Waals surface area contributed by atoms with Crippen molar-refractivity contribution in [2.75, 3.05) is 59.5 Å². The molecule has 0 aliphatic carbocycles. The van der Waals surface area contributed by atoms with Crippen LogP contribution in [-0.2, 0) is 43.6 Å². The molecule has 16 heteroatoms. The highest BCUT2D eigenvalue weighted by Crippen LogP contribution is 2.43. The normalized spacial score (nSPS) is 11.9. The summed E-state index contributed by atoms with van der Waals surface area (Å²) >= 11 is 1.16. The lowest BCUT2D eigenvalue weighted by Crippen LogP contribution is -2.38. The lowest BCUT2D eigenvalue weighted by Gasteiger charge is -2.36. The van der Waals surface area contributed by atoms with Crippen LogP contribution in [0.15, 0.2) is 174 Å². The van der Waals surface area contributed by atoms with Gasteiger partial charge in [-0.3, -0.25) is 0 Å². The Kier molecular flexibility index (Phi) is 18.2. The first-order valence-electron chi connectivity index (χ1n) is 22.0. The number of rotatable bonds is 26. The van der Waals surface area contributed by atoms with E-state index in [9.17, 15) is 20.0 Å². The van der Waals surface area contributed by atoms with Crippen LogP contribution < -0.4 is 14.8 Å². The van der Waals surface area contributed by atoms with Gasteiger partial charge in [0.25, 0.3) is 6.10 Å². The van der Waals surface area contributed by atoms with E-state index in [0.29, 0.717) is 16.3 Å². The summed E-state index contributed by atoms with van der Waals surface area (Å²) in [7, 11) is 3.04. The second-order valence-electron chi connectivity index (χ2n) is 15.2. The van der Waals surface area contributed by atoms with Crippen LogP contribution in [0.3, 0.4) is 0 Å². The number of nitriles is 1. The smallest absolute Gasteiger partial charge is 0.360 e. The SMILES string of the molecule is COCCOCOc1c(C#N)ccc(C(O/N=C(\C(=O)O)c2csc(NC(c3ccccc3)(c3ccccc3)c3ccccc3)n2)C(=O)OC(c2ccccc2)c2ccccc2)c1OCOCCOC. The van der Waals surface area contributed by atoms with Gasteiger partial charge in [-0.25, -0.2) is 14.6 Å². The van der Waals surface area contributed by atoms with Crippen molar-refractivity contribution < 1.29 is 52.7 Å². The molecule has 0 aliphatic heterocycles. The molecule has 0 saturated heterocycles. The molecule has 15 nitrogen and oxygen atoms in total. The molecule has 2 N–H and O–H groups in total. The first-order chi connectivity index (χ1) is 34.4. The van der Waals surface area contributed by atoms with E-state index in [0.717, 1.165) is 28.0 Å². The Balaban J connectivity index is 1.32. The van der Waals surface area contributed by atoms with E-state index < -0.39 is 35.4 Å². The fourth-order valence-electron chi connectivity index (χ4n) is 7.44. The molecule has 0 amide bonds. The van der Waals surface area contributed by atoms with Crippen LogP contribution in [0.1, 0.15) is 56.8 Å². The first-order valence-corrected chi connectivity index (χ1v) is 22.9. The van der Waals surface area contributed by atoms with E-state index >= 15 is 0 Å². The summed E-state index contributed by atoms with van der Waals surface area (Å²) in [6.07, 6.45) is -2.80. The molecule has 6 aromatic carbocycles. The van der Waals surface area contributed by atoms with Gasteiger partial charge in [-0.15, -0.1) is 11.3 Å². The van der Waals surface area contributed by atoms with E-state index in [1.165, 1.54) is 31.7 Å². The maximum Gasteiger partial charge on any atom is 0.360 e. The van der Waals surface area contributed by atoms with Crippen LogP contribution >= 0.6 is 11.3 Å². The van der Waals surface area contributed by atoms with Gasteiger partial charge < -0.3 is 48.4 Å². The van der Waals surface area contributed by atoms with E-state index in [2.05, 4.69) is 16.5 Å². The van der Waals surface area contributed by atoms with Crippen molar-refractivity contribution in [2.45, 2.75) is 17.7 Å². The molecule has 0 saturated carbocycles. The molecule has 0 radical (unpaired) electrons. The van der Waals surface area contributed by atoms with Gasteiger partial charge in [0.15, 0.2) is 36.3 Å². The minimum absolute atomic E-state index is 0.0133. The summed E-state index contributed by atoms with van der Waals surface area (Å²) in [6, 6.07) is 52.6. The Hall–Kier alpha value is -7.91. The Morgan fingerprint density at radius 3 is 1.64 bits per heavy atom. The van der Waals surface area contributed by atoms with Crippen LogP contribution in [0.4, 0.5) is 5.13 Å². The number of nitrogens with zero attached hydrogens (tertiary/aromatic N) is 3. The summed E-state index contributed by atoms with van der Waals surface area (Å²) in [5.41, 5.74) is 2.27. The topological polar surface area (TPSA) is 189 Å². The number of anilines is 1. The zero-order valence-corrected chi connectivity index (χ0v) is 39.2. The Morgan fingerprint density at radius 1 is 0.686 bits per heavy atom. The van der Waals surface area contributed by atoms with Crippen molar-refractivity contribution >= 4 is 34.1 Å². The number of ether oxygens (including phenoxy) is 7. The predicted molar refractivity (Wildman–Crippen MR) is 262 cm³/mol. The minimum Gasteiger partial charge on any atom is -0.476 e. The van der Waals surface area contributed by atoms with E-state index in [4.69, 9.17) is 43.0 Å². The third-order valence-electron chi connectivity index (χ3n) is 10.7. The van der Waals surface area contributed by atoms with E-state index in [1.807, 2.05) is 127 Å². The molecule has 7 rings (SSSR count). The lowest BCUT2D eigenvalue weighted by molar-refractivity contribution is -0.162. The summed E-state index contributed by atoms with van der Waals surface area (Å²) in [5.74, 6) is -2.78. The number of carbonyl (C=O) groups is 2. The third kappa shape index (κ3) is 12.4. The molecule has 1 atom stereocenters. The summed E-state index contributed by atoms with van der Waals surface area (Å²) < 4.78 is 39.8. The standard InChI is InChI=1S/C54H50N4O11S/c1-62-30-32-64-36-66-48-40(34-55)28-29-44(49(48)67-37-65-33-31-63-2)50(52(61)68-47(38-18-8-3-9-19-38)39-20-10-4-11-21-39)69-58-46(51(59)60)45-35-70-53(56-45)57-54(41-22-12-5-13-23-41,42-24-14-6-15-25-42)43-26-16-7-17-27-43/h3-29,35,47,50H,30-33,36-37H2,1-2H3,(H,56,57)(H,59,60)/b58-46-. The molecule has 358 valence electrons. The van der Waals surface area contributed by atoms with E-state index in [-0.39, 0.29) is 68.3 Å². The molecule has 0 spiro atoms. The van der Waals surface area contributed by atoms with Gasteiger partial charge >= 0.3 is 11.9 Å². The van der Waals surface area contributed by atoms with Crippen LogP contribution in [0, 0.1) is 11.3 Å². The van der Waals surface area contributed by atoms with Gasteiger partial charge in [0.1, 0.15) is 17.3 Å². The Bertz CT molecular complexity index is 2680. The number of carboxylic acid groups (broad SMARTS) is 1. The van der Waals surface area contributed by atoms with Gasteiger partial charge in [0.2, 0.25) is 5.71 Å². The highest BCUT2D eigenvalue weighted by atomic mass is 32.1. The molecule has 0 fully saturated rings. The minimum atomic E-state index is -1.85. The van der Waals surface area contributed by atoms with Crippen molar-refractivity contribution in [3.63, 3.8) is 0 Å². The number of carbonyl (C=O) groups excluding carboxylic acids is 1. The van der Waals surface area contributed by atoms with Crippen molar-refractivity contribution in [2.24, 2.45) is 5.16 Å². The number of hydrogen-bond acceptors (Lipinski definition) is 15. The monoisotopic (exact) mass is 962 g/mol. The number of aromatic nitrogens is 1. The van der Waals surface area contributed by atoms with Crippen molar-refractivity contribution in [3.05, 3.63) is 214 Å². The number of hydrogen-bond donors (Lipinski definition) is 2. The molecule has 1 aromatic heterocycles. The van der Waals surface area contributed by atoms with Crippen LogP contribution in [0.5, 0.6) is 11.5 Å². The predicted octanol–water partition coefficient (Wildman–Crippen LogP) is 9.30. The van der Waals surface area contributed by atoms with Crippen LogP contribution in [0.25, 0.3) is 0 Å². The number of carboxylic acids is 1. The number of oxime groups is 1. The number of esters is 1. The van der Waals surface area contributed by atoms with Crippen molar-refractivity contribution in [1.29, 1.82) is 5.26 Å². The second kappa shape index (κ2) is 25.5. The van der Waals surface area contributed by atoms with Crippen molar-refractivity contribution in [1.82, 2.24) is 4.98 Å². The number of benzene rings is 6. The zero-order valence-electron chi connectivity index (χ0n) is 38.3. The second-order valence-corrected chi connectivity index (χ2v) is 16.0. The summed E-state index contributed by atoms with van der Waals surface area (Å²) in [4.78, 5) is 39.0. The molecule has 70 heavy (non-hydrogen) atoms. The maximum absolute atomic E-state index is 14.9. The lowest BCUT2D eigenvalue weighted by atomic mass is 9.77. The number of methoxy groups -OCH3 is 2. The summed E-state index contributed by atoms with van der Waals surface area (Å²) in [5, 5.41) is 30.7. The van der Waals surface area contributed by atoms with Gasteiger partial charge in [0.05, 0.1) is 37.6 Å². The molecule has 1 heterocycles.